The number of hydrogen-bond acceptors (Lipinski definition) is 7. The first-order valence-corrected chi connectivity index (χ1v) is 9.99. The third kappa shape index (κ3) is 4.52. The molecule has 0 fully saturated rings. The highest BCUT2D eigenvalue weighted by Gasteiger charge is 2.15. The second-order valence-electron chi connectivity index (χ2n) is 4.91. The molecule has 1 aromatic carbocycles. The second kappa shape index (κ2) is 8.87. The van der Waals surface area contributed by atoms with E-state index in [1.807, 2.05) is 37.3 Å². The molecule has 0 aliphatic rings. The standard InChI is InChI=1S/C17H19N5OS2/c1-3-23-14-8-6-13(7-9-14)22-15(20-21-17(22)24-4-2)12-25-16-18-10-5-11-19-16/h5-11H,3-4,12H2,1-2H3. The molecule has 0 saturated carbocycles. The van der Waals surface area contributed by atoms with E-state index in [-0.39, 0.29) is 0 Å². The minimum absolute atomic E-state index is 0.647. The lowest BCUT2D eigenvalue weighted by atomic mass is 10.3. The summed E-state index contributed by atoms with van der Waals surface area (Å²) in [6, 6.07) is 9.80. The maximum atomic E-state index is 5.53. The lowest BCUT2D eigenvalue weighted by Crippen LogP contribution is -2.02. The summed E-state index contributed by atoms with van der Waals surface area (Å²) in [5.74, 6) is 3.31. The SMILES string of the molecule is CCOc1ccc(-n2c(CSc3ncccn3)nnc2SCC)cc1. The lowest BCUT2D eigenvalue weighted by Gasteiger charge is -2.10. The Morgan fingerprint density at radius 1 is 1.00 bits per heavy atom. The summed E-state index contributed by atoms with van der Waals surface area (Å²) in [7, 11) is 0. The fraction of sp³-hybridized carbons (Fsp3) is 0.294. The molecule has 0 radical (unpaired) electrons. The van der Waals surface area contributed by atoms with Gasteiger partial charge < -0.3 is 4.74 Å². The molecule has 0 unspecified atom stereocenters. The van der Waals surface area contributed by atoms with Gasteiger partial charge in [-0.1, -0.05) is 30.4 Å². The van der Waals surface area contributed by atoms with E-state index in [0.29, 0.717) is 12.4 Å². The molecule has 2 heterocycles. The Hall–Kier alpha value is -2.06. The Morgan fingerprint density at radius 2 is 1.76 bits per heavy atom. The van der Waals surface area contributed by atoms with Gasteiger partial charge in [-0.2, -0.15) is 0 Å². The molecule has 8 heteroatoms. The summed E-state index contributed by atoms with van der Waals surface area (Å²) in [5.41, 5.74) is 1.02. The predicted molar refractivity (Wildman–Crippen MR) is 101 cm³/mol. The molecule has 0 bridgehead atoms. The largest absolute Gasteiger partial charge is 0.494 e. The number of hydrogen-bond donors (Lipinski definition) is 0. The van der Waals surface area contributed by atoms with E-state index in [0.717, 1.165) is 33.3 Å². The zero-order chi connectivity index (χ0) is 17.5. The summed E-state index contributed by atoms with van der Waals surface area (Å²) in [5, 5.41) is 10.3. The number of benzene rings is 1. The molecule has 0 amide bonds. The van der Waals surface area contributed by atoms with E-state index in [4.69, 9.17) is 4.74 Å². The van der Waals surface area contributed by atoms with Gasteiger partial charge >= 0.3 is 0 Å². The van der Waals surface area contributed by atoms with E-state index >= 15 is 0 Å². The highest BCUT2D eigenvalue weighted by molar-refractivity contribution is 7.99. The van der Waals surface area contributed by atoms with Gasteiger partial charge in [0.05, 0.1) is 12.4 Å². The molecule has 0 aliphatic heterocycles. The average molecular weight is 374 g/mol. The van der Waals surface area contributed by atoms with Gasteiger partial charge in [0.1, 0.15) is 11.6 Å². The van der Waals surface area contributed by atoms with Crippen LogP contribution < -0.4 is 4.74 Å². The first-order chi connectivity index (χ1) is 12.3. The van der Waals surface area contributed by atoms with Crippen molar-refractivity contribution in [1.29, 1.82) is 0 Å². The molecular weight excluding hydrogens is 354 g/mol. The fourth-order valence-corrected chi connectivity index (χ4v) is 3.64. The van der Waals surface area contributed by atoms with Crippen molar-refractivity contribution in [3.8, 4) is 11.4 Å². The minimum Gasteiger partial charge on any atom is -0.494 e. The summed E-state index contributed by atoms with van der Waals surface area (Å²) >= 11 is 3.22. The molecule has 6 nitrogen and oxygen atoms in total. The zero-order valence-electron chi connectivity index (χ0n) is 14.1. The third-order valence-electron chi connectivity index (χ3n) is 3.25. The molecule has 0 saturated heterocycles. The van der Waals surface area contributed by atoms with Gasteiger partial charge in [0.2, 0.25) is 0 Å². The Balaban J connectivity index is 1.86. The molecule has 2 aromatic heterocycles. The van der Waals surface area contributed by atoms with Crippen LogP contribution in [0.5, 0.6) is 5.75 Å². The topological polar surface area (TPSA) is 65.7 Å². The van der Waals surface area contributed by atoms with Crippen LogP contribution in [0.4, 0.5) is 0 Å². The van der Waals surface area contributed by atoms with Crippen LogP contribution in [0.25, 0.3) is 5.69 Å². The average Bonchev–Trinajstić information content (AvgIpc) is 3.05. The van der Waals surface area contributed by atoms with Gasteiger partial charge in [0.15, 0.2) is 10.3 Å². The Labute approximate surface area is 155 Å². The van der Waals surface area contributed by atoms with Gasteiger partial charge in [-0.05, 0) is 43.0 Å². The van der Waals surface area contributed by atoms with E-state index < -0.39 is 0 Å². The van der Waals surface area contributed by atoms with Crippen LogP contribution in [0.2, 0.25) is 0 Å². The maximum absolute atomic E-state index is 5.53. The fourth-order valence-electron chi connectivity index (χ4n) is 2.22. The van der Waals surface area contributed by atoms with Crippen LogP contribution in [0.15, 0.2) is 53.0 Å². The smallest absolute Gasteiger partial charge is 0.195 e. The first kappa shape index (κ1) is 17.8. The number of thioether (sulfide) groups is 2. The van der Waals surface area contributed by atoms with Crippen molar-refractivity contribution < 1.29 is 4.74 Å². The summed E-state index contributed by atoms with van der Waals surface area (Å²) < 4.78 is 7.61. The summed E-state index contributed by atoms with van der Waals surface area (Å²) in [6.07, 6.45) is 3.48. The number of rotatable bonds is 8. The van der Waals surface area contributed by atoms with Gasteiger partial charge in [-0.15, -0.1) is 10.2 Å². The van der Waals surface area contributed by atoms with Crippen molar-refractivity contribution in [3.63, 3.8) is 0 Å². The molecule has 0 N–H and O–H groups in total. The van der Waals surface area contributed by atoms with Crippen molar-refractivity contribution in [1.82, 2.24) is 24.7 Å². The third-order valence-corrected chi connectivity index (χ3v) is 4.93. The molecule has 3 rings (SSSR count). The van der Waals surface area contributed by atoms with Crippen LogP contribution in [-0.2, 0) is 5.75 Å². The summed E-state index contributed by atoms with van der Waals surface area (Å²) in [6.45, 7) is 4.74. The minimum atomic E-state index is 0.647. The highest BCUT2D eigenvalue weighted by atomic mass is 32.2. The van der Waals surface area contributed by atoms with Gasteiger partial charge in [-0.3, -0.25) is 4.57 Å². The summed E-state index contributed by atoms with van der Waals surface area (Å²) in [4.78, 5) is 8.49. The Morgan fingerprint density at radius 3 is 2.44 bits per heavy atom. The van der Waals surface area contributed by atoms with Crippen LogP contribution in [-0.4, -0.2) is 37.1 Å². The monoisotopic (exact) mass is 373 g/mol. The van der Waals surface area contributed by atoms with Gasteiger partial charge in [-0.25, -0.2) is 9.97 Å². The van der Waals surface area contributed by atoms with E-state index in [2.05, 4.69) is 31.7 Å². The van der Waals surface area contributed by atoms with Crippen LogP contribution in [0, 0.1) is 0 Å². The number of ether oxygens (including phenoxy) is 1. The van der Waals surface area contributed by atoms with Crippen molar-refractivity contribution in [3.05, 3.63) is 48.5 Å². The van der Waals surface area contributed by atoms with Crippen molar-refractivity contribution in [2.24, 2.45) is 0 Å². The second-order valence-corrected chi connectivity index (χ2v) is 7.09. The van der Waals surface area contributed by atoms with Crippen LogP contribution >= 0.6 is 23.5 Å². The van der Waals surface area contributed by atoms with Crippen molar-refractivity contribution >= 4 is 23.5 Å². The Bertz CT molecular complexity index is 793. The molecule has 130 valence electrons. The van der Waals surface area contributed by atoms with Gasteiger partial charge in [0.25, 0.3) is 0 Å². The Kier molecular flexibility index (Phi) is 6.30. The predicted octanol–water partition coefficient (Wildman–Crippen LogP) is 3.86. The van der Waals surface area contributed by atoms with Crippen LogP contribution in [0.3, 0.4) is 0 Å². The molecule has 25 heavy (non-hydrogen) atoms. The lowest BCUT2D eigenvalue weighted by molar-refractivity contribution is 0.340. The first-order valence-electron chi connectivity index (χ1n) is 8.02. The van der Waals surface area contributed by atoms with Gasteiger partial charge in [0, 0.05) is 18.1 Å². The van der Waals surface area contributed by atoms with Crippen molar-refractivity contribution in [2.75, 3.05) is 12.4 Å². The van der Waals surface area contributed by atoms with E-state index in [9.17, 15) is 0 Å². The molecule has 3 aromatic rings. The van der Waals surface area contributed by atoms with Crippen LogP contribution in [0.1, 0.15) is 19.7 Å². The number of aromatic nitrogens is 5. The van der Waals surface area contributed by atoms with Crippen molar-refractivity contribution in [2.45, 2.75) is 29.9 Å². The molecule has 0 atom stereocenters. The normalized spacial score (nSPS) is 10.8. The quantitative estimate of drug-likeness (QED) is 0.439. The zero-order valence-corrected chi connectivity index (χ0v) is 15.8. The van der Waals surface area contributed by atoms with E-state index in [1.165, 1.54) is 0 Å². The molecule has 0 spiro atoms. The molecule has 0 aliphatic carbocycles. The number of nitrogens with zero attached hydrogens (tertiary/aromatic N) is 5. The van der Waals surface area contributed by atoms with E-state index in [1.54, 1.807) is 35.9 Å². The maximum Gasteiger partial charge on any atom is 0.195 e. The molecular formula is C17H19N5OS2. The highest BCUT2D eigenvalue weighted by Crippen LogP contribution is 2.26.